The number of carbonyl (C=O) groups is 2. The predicted octanol–water partition coefficient (Wildman–Crippen LogP) is 4.28. The average Bonchev–Trinajstić information content (AvgIpc) is 2.99. The fourth-order valence-corrected chi connectivity index (χ4v) is 4.62. The van der Waals surface area contributed by atoms with Gasteiger partial charge < -0.3 is 0 Å². The first kappa shape index (κ1) is 16.7. The SMILES string of the molecule is CCc1sc(C(=O)NNC(=O)c2cc(Br)c(Br)s2)cc1C. The van der Waals surface area contributed by atoms with Gasteiger partial charge >= 0.3 is 0 Å². The summed E-state index contributed by atoms with van der Waals surface area (Å²) in [5.74, 6) is -0.644. The lowest BCUT2D eigenvalue weighted by Crippen LogP contribution is -2.41. The molecule has 21 heavy (non-hydrogen) atoms. The Balaban J connectivity index is 1.98. The van der Waals surface area contributed by atoms with Crippen LogP contribution in [0.2, 0.25) is 0 Å². The normalized spacial score (nSPS) is 10.5. The number of nitrogens with one attached hydrogen (secondary N) is 2. The maximum Gasteiger partial charge on any atom is 0.279 e. The summed E-state index contributed by atoms with van der Waals surface area (Å²) in [7, 11) is 0. The zero-order valence-electron chi connectivity index (χ0n) is 11.3. The standard InChI is InChI=1S/C13H12Br2N2O2S2/c1-3-8-6(2)4-9(20-8)12(18)16-17-13(19)10-5-7(14)11(15)21-10/h4-5H,3H2,1-2H3,(H,16,18)(H,17,19). The van der Waals surface area contributed by atoms with Gasteiger partial charge in [0.15, 0.2) is 0 Å². The molecule has 4 nitrogen and oxygen atoms in total. The Kier molecular flexibility index (Phi) is 5.59. The molecule has 0 atom stereocenters. The van der Waals surface area contributed by atoms with Crippen molar-refractivity contribution < 1.29 is 9.59 Å². The highest BCUT2D eigenvalue weighted by molar-refractivity contribution is 9.13. The second kappa shape index (κ2) is 7.04. The molecule has 0 aliphatic heterocycles. The van der Waals surface area contributed by atoms with Crippen molar-refractivity contribution in [1.82, 2.24) is 10.9 Å². The summed E-state index contributed by atoms with van der Waals surface area (Å²) in [4.78, 5) is 26.2. The van der Waals surface area contributed by atoms with E-state index in [0.29, 0.717) is 9.75 Å². The summed E-state index contributed by atoms with van der Waals surface area (Å²) in [6.07, 6.45) is 0.896. The molecule has 2 rings (SSSR count). The molecule has 0 bridgehead atoms. The topological polar surface area (TPSA) is 58.2 Å². The van der Waals surface area contributed by atoms with E-state index in [0.717, 1.165) is 20.2 Å². The van der Waals surface area contributed by atoms with Crippen LogP contribution in [0.1, 0.15) is 36.7 Å². The lowest BCUT2D eigenvalue weighted by molar-refractivity contribution is 0.0851. The Morgan fingerprint density at radius 3 is 2.10 bits per heavy atom. The van der Waals surface area contributed by atoms with Gasteiger partial charge in [0.25, 0.3) is 11.8 Å². The van der Waals surface area contributed by atoms with Crippen LogP contribution in [0.4, 0.5) is 0 Å². The van der Waals surface area contributed by atoms with E-state index < -0.39 is 0 Å². The fraction of sp³-hybridized carbons (Fsp3) is 0.231. The Bertz CT molecular complexity index is 675. The van der Waals surface area contributed by atoms with Crippen LogP contribution in [0, 0.1) is 6.92 Å². The molecular formula is C13H12Br2N2O2S2. The molecule has 0 fully saturated rings. The number of amides is 2. The molecule has 0 aliphatic carbocycles. The molecule has 0 unspecified atom stereocenters. The van der Waals surface area contributed by atoms with Gasteiger partial charge in [0.2, 0.25) is 0 Å². The molecule has 8 heteroatoms. The summed E-state index contributed by atoms with van der Waals surface area (Å²) < 4.78 is 1.64. The molecule has 0 saturated heterocycles. The third-order valence-electron chi connectivity index (χ3n) is 2.72. The Morgan fingerprint density at radius 1 is 1.10 bits per heavy atom. The molecule has 2 heterocycles. The van der Waals surface area contributed by atoms with E-state index >= 15 is 0 Å². The van der Waals surface area contributed by atoms with Crippen molar-refractivity contribution in [3.05, 3.63) is 40.6 Å². The third kappa shape index (κ3) is 3.94. The molecule has 0 spiro atoms. The van der Waals surface area contributed by atoms with Gasteiger partial charge in [-0.3, -0.25) is 20.4 Å². The van der Waals surface area contributed by atoms with Gasteiger partial charge in [0.1, 0.15) is 0 Å². The van der Waals surface area contributed by atoms with Crippen LogP contribution in [-0.2, 0) is 6.42 Å². The number of hydrogen-bond donors (Lipinski definition) is 2. The van der Waals surface area contributed by atoms with Gasteiger partial charge in [-0.25, -0.2) is 0 Å². The minimum absolute atomic E-state index is 0.300. The maximum absolute atomic E-state index is 12.0. The third-order valence-corrected chi connectivity index (χ3v) is 7.36. The van der Waals surface area contributed by atoms with Crippen LogP contribution in [0.3, 0.4) is 0 Å². The number of aryl methyl sites for hydroxylation is 2. The van der Waals surface area contributed by atoms with Crippen LogP contribution >= 0.6 is 54.5 Å². The van der Waals surface area contributed by atoms with Crippen molar-refractivity contribution in [1.29, 1.82) is 0 Å². The van der Waals surface area contributed by atoms with Crippen molar-refractivity contribution in [2.24, 2.45) is 0 Å². The van der Waals surface area contributed by atoms with Crippen LogP contribution in [0.15, 0.2) is 20.4 Å². The number of halogens is 2. The predicted molar refractivity (Wildman–Crippen MR) is 93.1 cm³/mol. The van der Waals surface area contributed by atoms with Crippen molar-refractivity contribution in [3.8, 4) is 0 Å². The minimum atomic E-state index is -0.344. The fourth-order valence-electron chi connectivity index (χ4n) is 1.68. The Morgan fingerprint density at radius 2 is 1.67 bits per heavy atom. The van der Waals surface area contributed by atoms with Crippen LogP contribution in [-0.4, -0.2) is 11.8 Å². The maximum atomic E-state index is 12.0. The summed E-state index contributed by atoms with van der Waals surface area (Å²) in [6.45, 7) is 4.03. The number of rotatable bonds is 3. The van der Waals surface area contributed by atoms with E-state index in [1.807, 2.05) is 13.0 Å². The quantitative estimate of drug-likeness (QED) is 0.684. The number of thiophene rings is 2. The molecule has 0 aliphatic rings. The lowest BCUT2D eigenvalue weighted by Gasteiger charge is -2.04. The molecule has 2 N–H and O–H groups in total. The van der Waals surface area contributed by atoms with Gasteiger partial charge in [0.05, 0.1) is 13.5 Å². The highest BCUT2D eigenvalue weighted by Gasteiger charge is 2.15. The highest BCUT2D eigenvalue weighted by atomic mass is 79.9. The first-order valence-corrected chi connectivity index (χ1v) is 9.29. The second-order valence-corrected chi connectivity index (χ2v) is 8.57. The first-order chi connectivity index (χ1) is 9.92. The monoisotopic (exact) mass is 450 g/mol. The summed E-state index contributed by atoms with van der Waals surface area (Å²) in [5.41, 5.74) is 5.96. The van der Waals surface area contributed by atoms with Gasteiger partial charge in [-0.2, -0.15) is 0 Å². The number of hydrazine groups is 1. The van der Waals surface area contributed by atoms with E-state index in [1.165, 1.54) is 27.6 Å². The minimum Gasteiger partial charge on any atom is -0.266 e. The van der Waals surface area contributed by atoms with Gasteiger partial charge in [0, 0.05) is 9.35 Å². The highest BCUT2D eigenvalue weighted by Crippen LogP contribution is 2.32. The zero-order chi connectivity index (χ0) is 15.6. The Labute approximate surface area is 147 Å². The Hall–Kier alpha value is -0.700. The molecule has 2 amide bonds. The van der Waals surface area contributed by atoms with Crippen molar-refractivity contribution >= 4 is 66.3 Å². The van der Waals surface area contributed by atoms with Crippen LogP contribution < -0.4 is 10.9 Å². The molecule has 0 radical (unpaired) electrons. The molecular weight excluding hydrogens is 440 g/mol. The molecule has 2 aromatic heterocycles. The number of carbonyl (C=O) groups excluding carboxylic acids is 2. The summed E-state index contributed by atoms with van der Waals surface area (Å²) in [6, 6.07) is 3.53. The molecule has 112 valence electrons. The van der Waals surface area contributed by atoms with Gasteiger partial charge in [-0.1, -0.05) is 6.92 Å². The van der Waals surface area contributed by atoms with E-state index in [2.05, 4.69) is 49.6 Å². The number of hydrogen-bond acceptors (Lipinski definition) is 4. The summed E-state index contributed by atoms with van der Waals surface area (Å²) >= 11 is 9.38. The first-order valence-electron chi connectivity index (χ1n) is 6.07. The van der Waals surface area contributed by atoms with E-state index in [9.17, 15) is 9.59 Å². The smallest absolute Gasteiger partial charge is 0.266 e. The van der Waals surface area contributed by atoms with E-state index in [4.69, 9.17) is 0 Å². The van der Waals surface area contributed by atoms with Crippen molar-refractivity contribution in [2.45, 2.75) is 20.3 Å². The molecule has 0 saturated carbocycles. The lowest BCUT2D eigenvalue weighted by atomic mass is 10.2. The van der Waals surface area contributed by atoms with Gasteiger partial charge in [-0.05, 0) is 62.9 Å². The van der Waals surface area contributed by atoms with Crippen LogP contribution in [0.5, 0.6) is 0 Å². The van der Waals surface area contributed by atoms with E-state index in [-0.39, 0.29) is 11.8 Å². The summed E-state index contributed by atoms with van der Waals surface area (Å²) in [5, 5.41) is 0. The van der Waals surface area contributed by atoms with Crippen molar-refractivity contribution in [2.75, 3.05) is 0 Å². The van der Waals surface area contributed by atoms with Crippen molar-refractivity contribution in [3.63, 3.8) is 0 Å². The van der Waals surface area contributed by atoms with Crippen LogP contribution in [0.25, 0.3) is 0 Å². The van der Waals surface area contributed by atoms with Gasteiger partial charge in [-0.15, -0.1) is 22.7 Å². The largest absolute Gasteiger partial charge is 0.279 e. The van der Waals surface area contributed by atoms with E-state index in [1.54, 1.807) is 6.07 Å². The second-order valence-electron chi connectivity index (χ2n) is 4.21. The molecule has 2 aromatic rings. The zero-order valence-corrected chi connectivity index (χ0v) is 16.1. The average molecular weight is 452 g/mol. The molecule has 0 aromatic carbocycles.